The van der Waals surface area contributed by atoms with Crippen molar-refractivity contribution in [2.45, 2.75) is 0 Å². The molecule has 0 saturated heterocycles. The molecule has 5 N–H and O–H groups in total. The summed E-state index contributed by atoms with van der Waals surface area (Å²) in [6.07, 6.45) is 0. The van der Waals surface area contributed by atoms with Crippen molar-refractivity contribution in [3.8, 4) is 5.75 Å². The van der Waals surface area contributed by atoms with Crippen LogP contribution in [0.1, 0.15) is 0 Å². The molecule has 7 nitrogen and oxygen atoms in total. The van der Waals surface area contributed by atoms with Crippen LogP contribution < -0.4 is 10.6 Å². The number of aromatic nitrogens is 2. The number of aromatic hydroxyl groups is 1. The third-order valence-corrected chi connectivity index (χ3v) is 3.66. The average molecular weight is 314 g/mol. The zero-order valence-corrected chi connectivity index (χ0v) is 12.5. The van der Waals surface area contributed by atoms with Crippen molar-refractivity contribution in [3.63, 3.8) is 0 Å². The van der Waals surface area contributed by atoms with Crippen LogP contribution in [0.5, 0.6) is 5.75 Å². The number of aliphatic hydroxyl groups is 2. The Kier molecular flexibility index (Phi) is 4.14. The van der Waals surface area contributed by atoms with E-state index in [2.05, 4.69) is 9.97 Å². The maximum atomic E-state index is 10.6. The Morgan fingerprint density at radius 2 is 1.61 bits per heavy atom. The van der Waals surface area contributed by atoms with E-state index in [4.69, 9.17) is 15.9 Å². The summed E-state index contributed by atoms with van der Waals surface area (Å²) in [6.45, 7) is 0.427. The van der Waals surface area contributed by atoms with Crippen LogP contribution >= 0.6 is 0 Å². The van der Waals surface area contributed by atoms with Gasteiger partial charge in [0, 0.05) is 18.8 Å². The van der Waals surface area contributed by atoms with Gasteiger partial charge in [-0.15, -0.1) is 0 Å². The highest BCUT2D eigenvalue weighted by molar-refractivity contribution is 5.93. The zero-order chi connectivity index (χ0) is 16.4. The minimum atomic E-state index is -0.0859. The van der Waals surface area contributed by atoms with E-state index >= 15 is 0 Å². The Bertz CT molecular complexity index is 847. The molecule has 0 aliphatic heterocycles. The van der Waals surface area contributed by atoms with Crippen molar-refractivity contribution in [2.75, 3.05) is 36.9 Å². The van der Waals surface area contributed by atoms with Crippen molar-refractivity contribution in [2.24, 2.45) is 0 Å². The minimum absolute atomic E-state index is 0.0266. The summed E-state index contributed by atoms with van der Waals surface area (Å²) < 4.78 is 0. The number of nitrogens with zero attached hydrogens (tertiary/aromatic N) is 3. The maximum absolute atomic E-state index is 10.6. The Labute approximate surface area is 132 Å². The van der Waals surface area contributed by atoms with Crippen molar-refractivity contribution in [1.29, 1.82) is 0 Å². The van der Waals surface area contributed by atoms with Crippen LogP contribution in [0.2, 0.25) is 0 Å². The van der Waals surface area contributed by atoms with Crippen LogP contribution in [0, 0.1) is 0 Å². The lowest BCUT2D eigenvalue weighted by molar-refractivity contribution is 0.280. The van der Waals surface area contributed by atoms with Crippen molar-refractivity contribution >= 4 is 33.4 Å². The van der Waals surface area contributed by atoms with Crippen LogP contribution in [-0.4, -0.2) is 51.6 Å². The van der Waals surface area contributed by atoms with E-state index in [1.54, 1.807) is 35.2 Å². The molecule has 7 heteroatoms. The number of phenolic OH excluding ortho intramolecular Hbond substituents is 1. The second-order valence-corrected chi connectivity index (χ2v) is 5.21. The van der Waals surface area contributed by atoms with Gasteiger partial charge >= 0.3 is 0 Å². The number of nitrogen functional groups attached to an aromatic ring is 1. The zero-order valence-electron chi connectivity index (χ0n) is 12.5. The molecule has 23 heavy (non-hydrogen) atoms. The third-order valence-electron chi connectivity index (χ3n) is 3.66. The van der Waals surface area contributed by atoms with Gasteiger partial charge in [-0.3, -0.25) is 0 Å². The highest BCUT2D eigenvalue weighted by Crippen LogP contribution is 2.34. The molecule has 0 atom stereocenters. The predicted octanol–water partition coefficient (Wildman–Crippen LogP) is 0.862. The lowest BCUT2D eigenvalue weighted by Gasteiger charge is -2.24. The molecule has 1 heterocycles. The molecule has 0 aliphatic carbocycles. The first-order valence-electron chi connectivity index (χ1n) is 7.29. The molecular formula is C16H18N4O3. The van der Waals surface area contributed by atoms with Crippen LogP contribution in [0.3, 0.4) is 0 Å². The lowest BCUT2D eigenvalue weighted by Crippen LogP contribution is -2.29. The van der Waals surface area contributed by atoms with Gasteiger partial charge in [-0.25, -0.2) is 9.97 Å². The molecule has 0 aliphatic rings. The summed E-state index contributed by atoms with van der Waals surface area (Å²) in [5.74, 6) is -0.0266. The number of benzene rings is 2. The van der Waals surface area contributed by atoms with Crippen molar-refractivity contribution in [1.82, 2.24) is 9.97 Å². The fourth-order valence-electron chi connectivity index (χ4n) is 2.58. The Morgan fingerprint density at radius 3 is 2.30 bits per heavy atom. The molecule has 1 aromatic heterocycles. The number of nitrogens with two attached hydrogens (primary N) is 1. The van der Waals surface area contributed by atoms with Gasteiger partial charge in [-0.05, 0) is 30.3 Å². The summed E-state index contributed by atoms with van der Waals surface area (Å²) in [6, 6.07) is 8.70. The van der Waals surface area contributed by atoms with E-state index in [-0.39, 0.29) is 19.0 Å². The molecule has 0 radical (unpaired) electrons. The van der Waals surface area contributed by atoms with Crippen LogP contribution in [-0.2, 0) is 0 Å². The smallest absolute Gasteiger partial charge is 0.167 e. The van der Waals surface area contributed by atoms with Gasteiger partial charge in [0.2, 0.25) is 0 Å². The molecule has 0 spiro atoms. The average Bonchev–Trinajstić information content (AvgIpc) is 2.54. The Morgan fingerprint density at radius 1 is 0.913 bits per heavy atom. The first kappa shape index (κ1) is 15.3. The van der Waals surface area contributed by atoms with E-state index in [1.807, 2.05) is 0 Å². The van der Waals surface area contributed by atoms with E-state index in [0.29, 0.717) is 46.5 Å². The van der Waals surface area contributed by atoms with Crippen molar-refractivity contribution < 1.29 is 15.3 Å². The normalized spacial score (nSPS) is 11.2. The molecule has 0 unspecified atom stereocenters. The fraction of sp³-hybridized carbons (Fsp3) is 0.250. The molecule has 120 valence electrons. The summed E-state index contributed by atoms with van der Waals surface area (Å²) in [4.78, 5) is 10.6. The van der Waals surface area contributed by atoms with Gasteiger partial charge in [0.25, 0.3) is 0 Å². The molecule has 3 rings (SSSR count). The summed E-state index contributed by atoms with van der Waals surface area (Å²) in [5.41, 5.74) is 9.06. The van der Waals surface area contributed by atoms with Gasteiger partial charge in [0.15, 0.2) is 5.75 Å². The molecule has 0 amide bonds. The standard InChI is InChI=1S/C16H18N4O3/c17-10-1-2-11-13(9-10)19-15-12(18-11)3-4-14(16(15)23)20(5-7-21)6-8-22/h1-4,9,21-23H,5-8,17H2. The summed E-state index contributed by atoms with van der Waals surface area (Å²) >= 11 is 0. The number of aliphatic hydroxyl groups excluding tert-OH is 2. The van der Waals surface area contributed by atoms with Crippen LogP contribution in [0.15, 0.2) is 30.3 Å². The van der Waals surface area contributed by atoms with Gasteiger partial charge in [-0.2, -0.15) is 0 Å². The second kappa shape index (κ2) is 6.23. The minimum Gasteiger partial charge on any atom is -0.504 e. The van der Waals surface area contributed by atoms with E-state index in [0.717, 1.165) is 0 Å². The first-order valence-corrected chi connectivity index (χ1v) is 7.29. The number of hydrogen-bond donors (Lipinski definition) is 4. The van der Waals surface area contributed by atoms with Gasteiger partial charge in [-0.1, -0.05) is 0 Å². The number of fused-ring (bicyclic) bond motifs is 2. The maximum Gasteiger partial charge on any atom is 0.167 e. The molecule has 3 aromatic rings. The van der Waals surface area contributed by atoms with Crippen molar-refractivity contribution in [3.05, 3.63) is 30.3 Å². The summed E-state index contributed by atoms with van der Waals surface area (Å²) in [7, 11) is 0. The van der Waals surface area contributed by atoms with Gasteiger partial charge in [0.05, 0.1) is 35.5 Å². The highest BCUT2D eigenvalue weighted by atomic mass is 16.3. The SMILES string of the molecule is Nc1ccc2nc3ccc(N(CCO)CCO)c(O)c3nc2c1. The predicted molar refractivity (Wildman–Crippen MR) is 89.5 cm³/mol. The van der Waals surface area contributed by atoms with E-state index in [1.165, 1.54) is 0 Å². The topological polar surface area (TPSA) is 116 Å². The van der Waals surface area contributed by atoms with E-state index < -0.39 is 0 Å². The largest absolute Gasteiger partial charge is 0.504 e. The third kappa shape index (κ3) is 2.84. The first-order chi connectivity index (χ1) is 11.1. The number of rotatable bonds is 5. The monoisotopic (exact) mass is 314 g/mol. The highest BCUT2D eigenvalue weighted by Gasteiger charge is 2.15. The molecule has 0 fully saturated rings. The Hall–Kier alpha value is -2.64. The molecule has 0 saturated carbocycles. The lowest BCUT2D eigenvalue weighted by atomic mass is 10.2. The Balaban J connectivity index is 2.18. The fourth-order valence-corrected chi connectivity index (χ4v) is 2.58. The van der Waals surface area contributed by atoms with Gasteiger partial charge < -0.3 is 26.0 Å². The van der Waals surface area contributed by atoms with Gasteiger partial charge in [0.1, 0.15) is 5.52 Å². The van der Waals surface area contributed by atoms with Crippen LogP contribution in [0.4, 0.5) is 11.4 Å². The molecular weight excluding hydrogens is 296 g/mol. The quantitative estimate of drug-likeness (QED) is 0.408. The number of hydrogen-bond acceptors (Lipinski definition) is 7. The second-order valence-electron chi connectivity index (χ2n) is 5.21. The number of anilines is 2. The molecule has 2 aromatic carbocycles. The molecule has 0 bridgehead atoms. The summed E-state index contributed by atoms with van der Waals surface area (Å²) in [5, 5.41) is 28.9. The number of phenols is 1. The van der Waals surface area contributed by atoms with E-state index in [9.17, 15) is 5.11 Å². The van der Waals surface area contributed by atoms with Crippen LogP contribution in [0.25, 0.3) is 22.1 Å².